The number of halogens is 2. The van der Waals surface area contributed by atoms with E-state index in [0.29, 0.717) is 38.4 Å². The third-order valence-corrected chi connectivity index (χ3v) is 3.57. The van der Waals surface area contributed by atoms with Crippen molar-refractivity contribution in [1.29, 1.82) is 0 Å². The molecule has 3 rings (SSSR count). The minimum Gasteiger partial charge on any atom is -0.493 e. The second-order valence-corrected chi connectivity index (χ2v) is 4.72. The van der Waals surface area contributed by atoms with Crippen molar-refractivity contribution in [1.82, 2.24) is 0 Å². The van der Waals surface area contributed by atoms with Crippen LogP contribution in [0.15, 0.2) is 12.1 Å². The van der Waals surface area contributed by atoms with E-state index in [1.165, 1.54) is 19.2 Å². The van der Waals surface area contributed by atoms with Crippen molar-refractivity contribution in [3.63, 3.8) is 0 Å². The molecule has 1 aromatic rings. The maximum Gasteiger partial charge on any atom is 0.200 e. The van der Waals surface area contributed by atoms with Gasteiger partial charge in [-0.3, -0.25) is 0 Å². The second-order valence-electron chi connectivity index (χ2n) is 4.72. The summed E-state index contributed by atoms with van der Waals surface area (Å²) in [6, 6.07) is 2.66. The SMILES string of the molecule is COc1cc(N2CCC3(C2)OCCO3)cc(F)c1F. The van der Waals surface area contributed by atoms with Gasteiger partial charge in [0, 0.05) is 30.8 Å². The first-order chi connectivity index (χ1) is 9.13. The van der Waals surface area contributed by atoms with Crippen LogP contribution in [0.5, 0.6) is 5.75 Å². The van der Waals surface area contributed by atoms with E-state index in [-0.39, 0.29) is 5.75 Å². The highest BCUT2D eigenvalue weighted by molar-refractivity contribution is 5.53. The van der Waals surface area contributed by atoms with Crippen molar-refractivity contribution in [3.8, 4) is 5.75 Å². The van der Waals surface area contributed by atoms with Crippen LogP contribution in [0.4, 0.5) is 14.5 Å². The van der Waals surface area contributed by atoms with Crippen molar-refractivity contribution in [2.45, 2.75) is 12.2 Å². The summed E-state index contributed by atoms with van der Waals surface area (Å²) in [4.78, 5) is 1.91. The van der Waals surface area contributed by atoms with Gasteiger partial charge < -0.3 is 19.1 Å². The monoisotopic (exact) mass is 271 g/mol. The molecule has 0 saturated carbocycles. The summed E-state index contributed by atoms with van der Waals surface area (Å²) in [7, 11) is 1.32. The normalized spacial score (nSPS) is 21.3. The zero-order valence-corrected chi connectivity index (χ0v) is 10.6. The zero-order valence-electron chi connectivity index (χ0n) is 10.6. The van der Waals surface area contributed by atoms with E-state index in [4.69, 9.17) is 14.2 Å². The molecule has 19 heavy (non-hydrogen) atoms. The summed E-state index contributed by atoms with van der Waals surface area (Å²) in [6.45, 7) is 2.35. The maximum absolute atomic E-state index is 13.5. The quantitative estimate of drug-likeness (QED) is 0.822. The molecule has 0 N–H and O–H groups in total. The first kappa shape index (κ1) is 12.6. The number of benzene rings is 1. The number of ether oxygens (including phenoxy) is 3. The van der Waals surface area contributed by atoms with Gasteiger partial charge in [0.25, 0.3) is 0 Å². The van der Waals surface area contributed by atoms with Crippen molar-refractivity contribution < 1.29 is 23.0 Å². The lowest BCUT2D eigenvalue weighted by Crippen LogP contribution is -2.34. The van der Waals surface area contributed by atoms with E-state index >= 15 is 0 Å². The Bertz CT molecular complexity index is 489. The Hall–Kier alpha value is -1.40. The lowest BCUT2D eigenvalue weighted by molar-refractivity contribution is -0.137. The van der Waals surface area contributed by atoms with Crippen LogP contribution < -0.4 is 9.64 Å². The van der Waals surface area contributed by atoms with E-state index in [1.54, 1.807) is 0 Å². The highest BCUT2D eigenvalue weighted by Crippen LogP contribution is 2.35. The third kappa shape index (κ3) is 2.15. The third-order valence-electron chi connectivity index (χ3n) is 3.57. The van der Waals surface area contributed by atoms with Crippen LogP contribution >= 0.6 is 0 Å². The zero-order chi connectivity index (χ0) is 13.5. The molecular formula is C13H15F2NO3. The van der Waals surface area contributed by atoms with Crippen molar-refractivity contribution in [3.05, 3.63) is 23.8 Å². The van der Waals surface area contributed by atoms with E-state index in [0.717, 1.165) is 0 Å². The Balaban J connectivity index is 1.85. The number of anilines is 1. The molecule has 2 aliphatic rings. The summed E-state index contributed by atoms with van der Waals surface area (Å²) in [6.07, 6.45) is 0.717. The fourth-order valence-corrected chi connectivity index (χ4v) is 2.59. The van der Waals surface area contributed by atoms with Crippen LogP contribution in [0.2, 0.25) is 0 Å². The number of methoxy groups -OCH3 is 1. The first-order valence-corrected chi connectivity index (χ1v) is 6.19. The van der Waals surface area contributed by atoms with Gasteiger partial charge in [0.2, 0.25) is 5.82 Å². The molecule has 4 nitrogen and oxygen atoms in total. The molecule has 0 amide bonds. The summed E-state index contributed by atoms with van der Waals surface area (Å²) in [5, 5.41) is 0. The maximum atomic E-state index is 13.5. The van der Waals surface area contributed by atoms with E-state index in [9.17, 15) is 8.78 Å². The number of nitrogens with zero attached hydrogens (tertiary/aromatic N) is 1. The molecule has 6 heteroatoms. The van der Waals surface area contributed by atoms with Gasteiger partial charge in [-0.15, -0.1) is 0 Å². The smallest absolute Gasteiger partial charge is 0.200 e. The van der Waals surface area contributed by atoms with E-state index in [2.05, 4.69) is 0 Å². The van der Waals surface area contributed by atoms with Gasteiger partial charge in [-0.1, -0.05) is 0 Å². The molecule has 0 atom stereocenters. The highest BCUT2D eigenvalue weighted by atomic mass is 19.2. The molecule has 2 aliphatic heterocycles. The summed E-state index contributed by atoms with van der Waals surface area (Å²) in [5.74, 6) is -2.56. The molecular weight excluding hydrogens is 256 g/mol. The fourth-order valence-electron chi connectivity index (χ4n) is 2.59. The largest absolute Gasteiger partial charge is 0.493 e. The lowest BCUT2D eigenvalue weighted by atomic mass is 10.2. The molecule has 0 radical (unpaired) electrons. The first-order valence-electron chi connectivity index (χ1n) is 6.19. The Kier molecular flexibility index (Phi) is 3.06. The van der Waals surface area contributed by atoms with Crippen LogP contribution in [0.25, 0.3) is 0 Å². The van der Waals surface area contributed by atoms with E-state index in [1.807, 2.05) is 4.90 Å². The fraction of sp³-hybridized carbons (Fsp3) is 0.538. The molecule has 0 unspecified atom stereocenters. The van der Waals surface area contributed by atoms with E-state index < -0.39 is 17.4 Å². The van der Waals surface area contributed by atoms with Crippen molar-refractivity contribution in [2.75, 3.05) is 38.3 Å². The summed E-state index contributed by atoms with van der Waals surface area (Å²) in [5.41, 5.74) is 0.576. The van der Waals surface area contributed by atoms with Crippen LogP contribution in [0, 0.1) is 11.6 Å². The molecule has 0 bridgehead atoms. The topological polar surface area (TPSA) is 30.9 Å². The Morgan fingerprint density at radius 2 is 2.00 bits per heavy atom. The molecule has 1 spiro atoms. The predicted molar refractivity (Wildman–Crippen MR) is 64.4 cm³/mol. The minimum atomic E-state index is -0.964. The molecule has 0 aliphatic carbocycles. The van der Waals surface area contributed by atoms with Crippen LogP contribution in [0.3, 0.4) is 0 Å². The number of hydrogen-bond acceptors (Lipinski definition) is 4. The molecule has 0 aromatic heterocycles. The van der Waals surface area contributed by atoms with Gasteiger partial charge in [-0.25, -0.2) is 4.39 Å². The average molecular weight is 271 g/mol. The van der Waals surface area contributed by atoms with Crippen molar-refractivity contribution in [2.24, 2.45) is 0 Å². The average Bonchev–Trinajstić information content (AvgIpc) is 3.04. The molecule has 104 valence electrons. The van der Waals surface area contributed by atoms with Gasteiger partial charge in [0.05, 0.1) is 26.9 Å². The summed E-state index contributed by atoms with van der Waals surface area (Å²) >= 11 is 0. The van der Waals surface area contributed by atoms with Gasteiger partial charge in [0.15, 0.2) is 17.4 Å². The molecule has 1 aromatic carbocycles. The number of hydrogen-bond donors (Lipinski definition) is 0. The number of rotatable bonds is 2. The Labute approximate surface area is 109 Å². The predicted octanol–water partition coefficient (Wildman–Crippen LogP) is 1.93. The van der Waals surface area contributed by atoms with Gasteiger partial charge >= 0.3 is 0 Å². The van der Waals surface area contributed by atoms with Crippen LogP contribution in [-0.2, 0) is 9.47 Å². The Morgan fingerprint density at radius 3 is 2.68 bits per heavy atom. The van der Waals surface area contributed by atoms with Gasteiger partial charge in [-0.05, 0) is 0 Å². The van der Waals surface area contributed by atoms with Crippen molar-refractivity contribution >= 4 is 5.69 Å². The Morgan fingerprint density at radius 1 is 1.26 bits per heavy atom. The molecule has 2 heterocycles. The van der Waals surface area contributed by atoms with Crippen LogP contribution in [-0.4, -0.2) is 39.2 Å². The highest BCUT2D eigenvalue weighted by Gasteiger charge is 2.43. The standard InChI is InChI=1S/C13H15F2NO3/c1-17-11-7-9(6-10(14)12(11)15)16-3-2-13(8-16)18-4-5-19-13/h6-7H,2-5,8H2,1H3. The molecule has 2 fully saturated rings. The van der Waals surface area contributed by atoms with Gasteiger partial charge in [0.1, 0.15) is 0 Å². The van der Waals surface area contributed by atoms with Gasteiger partial charge in [-0.2, -0.15) is 4.39 Å². The minimum absolute atomic E-state index is 0.0933. The second kappa shape index (κ2) is 4.61. The summed E-state index contributed by atoms with van der Waals surface area (Å²) < 4.78 is 42.9. The van der Waals surface area contributed by atoms with Crippen LogP contribution in [0.1, 0.15) is 6.42 Å². The lowest BCUT2D eigenvalue weighted by Gasteiger charge is -2.23. The molecule has 2 saturated heterocycles.